The molecule has 0 unspecified atom stereocenters. The van der Waals surface area contributed by atoms with Gasteiger partial charge in [0.15, 0.2) is 0 Å². The van der Waals surface area contributed by atoms with Gasteiger partial charge in [-0.25, -0.2) is 0 Å². The molecule has 4 heteroatoms. The summed E-state index contributed by atoms with van der Waals surface area (Å²) >= 11 is 0. The fraction of sp³-hybridized carbons (Fsp3) is 0.875. The van der Waals surface area contributed by atoms with Crippen LogP contribution in [0.15, 0.2) is 0 Å². The summed E-state index contributed by atoms with van der Waals surface area (Å²) in [5, 5.41) is 0. The number of rotatable bonds is 1. The third-order valence-corrected chi connectivity index (χ3v) is 3.56. The van der Waals surface area contributed by atoms with Gasteiger partial charge in [-0.1, -0.05) is 0 Å². The molecule has 1 rings (SSSR count). The number of carbonyl (C=O) groups excluding carboxylic acids is 1. The van der Waals surface area contributed by atoms with Crippen molar-refractivity contribution in [1.29, 1.82) is 0 Å². The first-order valence-electron chi connectivity index (χ1n) is 4.17. The topological polar surface area (TPSA) is 37.4 Å². The summed E-state index contributed by atoms with van der Waals surface area (Å²) in [5.74, 6) is 1.71. The molecule has 1 aliphatic rings. The van der Waals surface area contributed by atoms with Gasteiger partial charge in [0.25, 0.3) is 0 Å². The molecule has 1 fully saturated rings. The maximum atomic E-state index is 11.4. The van der Waals surface area contributed by atoms with Crippen LogP contribution >= 0.6 is 0 Å². The third kappa shape index (κ3) is 2.30. The number of hydrogen-bond acceptors (Lipinski definition) is 2. The minimum absolute atomic E-state index is 0.123. The highest BCUT2D eigenvalue weighted by atomic mass is 32.2. The number of nitrogens with zero attached hydrogens (tertiary/aromatic N) is 1. The number of carbonyl (C=O) groups is 1. The van der Waals surface area contributed by atoms with Crippen LogP contribution in [-0.2, 0) is 15.6 Å². The Hall–Kier alpha value is -0.380. The van der Waals surface area contributed by atoms with E-state index in [1.54, 1.807) is 19.0 Å². The van der Waals surface area contributed by atoms with E-state index >= 15 is 0 Å². The van der Waals surface area contributed by atoms with Crippen LogP contribution in [0.2, 0.25) is 0 Å². The molecule has 1 heterocycles. The fourth-order valence-electron chi connectivity index (χ4n) is 1.41. The molecule has 0 aromatic heterocycles. The van der Waals surface area contributed by atoms with Crippen LogP contribution in [0.5, 0.6) is 0 Å². The Morgan fingerprint density at radius 1 is 1.33 bits per heavy atom. The van der Waals surface area contributed by atoms with E-state index in [0.29, 0.717) is 11.5 Å². The molecule has 0 N–H and O–H groups in total. The van der Waals surface area contributed by atoms with Crippen molar-refractivity contribution >= 4 is 16.7 Å². The molecule has 0 aromatic rings. The number of hydrogen-bond donors (Lipinski definition) is 0. The van der Waals surface area contributed by atoms with Crippen molar-refractivity contribution in [3.63, 3.8) is 0 Å². The van der Waals surface area contributed by atoms with E-state index in [9.17, 15) is 9.00 Å². The number of amides is 1. The summed E-state index contributed by atoms with van der Waals surface area (Å²) in [6.07, 6.45) is 1.59. The summed E-state index contributed by atoms with van der Waals surface area (Å²) in [4.78, 5) is 13.1. The Morgan fingerprint density at radius 3 is 2.25 bits per heavy atom. The molecule has 0 bridgehead atoms. The molecule has 0 radical (unpaired) electrons. The first-order valence-corrected chi connectivity index (χ1v) is 5.66. The van der Waals surface area contributed by atoms with Gasteiger partial charge in [-0.05, 0) is 12.8 Å². The zero-order valence-electron chi connectivity index (χ0n) is 7.58. The lowest BCUT2D eigenvalue weighted by Gasteiger charge is -2.23. The standard InChI is InChI=1S/C8H15NO2S/c1-9(2)8(10)7-3-5-12(11)6-4-7/h7H,3-6H2,1-2H3. The van der Waals surface area contributed by atoms with Gasteiger partial charge in [0.1, 0.15) is 0 Å². The van der Waals surface area contributed by atoms with Crippen LogP contribution in [0.1, 0.15) is 12.8 Å². The Kier molecular flexibility index (Phi) is 3.26. The van der Waals surface area contributed by atoms with Crippen LogP contribution in [0.25, 0.3) is 0 Å². The van der Waals surface area contributed by atoms with E-state index in [1.807, 2.05) is 0 Å². The van der Waals surface area contributed by atoms with E-state index in [2.05, 4.69) is 0 Å². The summed E-state index contributed by atoms with van der Waals surface area (Å²) in [6, 6.07) is 0. The van der Waals surface area contributed by atoms with Crippen molar-refractivity contribution in [3.8, 4) is 0 Å². The second kappa shape index (κ2) is 4.03. The van der Waals surface area contributed by atoms with Crippen LogP contribution in [0, 0.1) is 5.92 Å². The van der Waals surface area contributed by atoms with Gasteiger partial charge in [0, 0.05) is 42.3 Å². The molecule has 0 spiro atoms. The first kappa shape index (κ1) is 9.71. The van der Waals surface area contributed by atoms with Gasteiger partial charge < -0.3 is 4.90 Å². The highest BCUT2D eigenvalue weighted by Gasteiger charge is 2.24. The first-order chi connectivity index (χ1) is 5.61. The molecule has 70 valence electrons. The lowest BCUT2D eigenvalue weighted by atomic mass is 10.0. The Balaban J connectivity index is 2.44. The smallest absolute Gasteiger partial charge is 0.225 e. The Bertz CT molecular complexity index is 193. The molecule has 0 atom stereocenters. The maximum Gasteiger partial charge on any atom is 0.225 e. The lowest BCUT2D eigenvalue weighted by molar-refractivity contribution is -0.133. The van der Waals surface area contributed by atoms with Crippen LogP contribution in [-0.4, -0.2) is 40.6 Å². The van der Waals surface area contributed by atoms with E-state index in [0.717, 1.165) is 12.8 Å². The highest BCUT2D eigenvalue weighted by molar-refractivity contribution is 7.85. The van der Waals surface area contributed by atoms with Gasteiger partial charge >= 0.3 is 0 Å². The van der Waals surface area contributed by atoms with Crippen molar-refractivity contribution < 1.29 is 9.00 Å². The van der Waals surface area contributed by atoms with Crippen LogP contribution in [0.4, 0.5) is 0 Å². The highest BCUT2D eigenvalue weighted by Crippen LogP contribution is 2.17. The van der Waals surface area contributed by atoms with Crippen LogP contribution in [0.3, 0.4) is 0 Å². The average Bonchev–Trinajstić information content (AvgIpc) is 2.04. The third-order valence-electron chi connectivity index (χ3n) is 2.18. The van der Waals surface area contributed by atoms with Crippen molar-refractivity contribution in [2.24, 2.45) is 5.92 Å². The van der Waals surface area contributed by atoms with Crippen molar-refractivity contribution in [1.82, 2.24) is 4.90 Å². The van der Waals surface area contributed by atoms with E-state index in [4.69, 9.17) is 0 Å². The van der Waals surface area contributed by atoms with Gasteiger partial charge in [-0.3, -0.25) is 9.00 Å². The fourth-order valence-corrected chi connectivity index (χ4v) is 2.70. The van der Waals surface area contributed by atoms with Gasteiger partial charge in [0.2, 0.25) is 5.91 Å². The molecular weight excluding hydrogens is 174 g/mol. The maximum absolute atomic E-state index is 11.4. The molecule has 1 amide bonds. The molecule has 12 heavy (non-hydrogen) atoms. The molecule has 0 saturated carbocycles. The SMILES string of the molecule is CN(C)C(=O)C1CCS(=O)CC1. The quantitative estimate of drug-likeness (QED) is 0.592. The predicted molar refractivity (Wildman–Crippen MR) is 49.3 cm³/mol. The minimum Gasteiger partial charge on any atom is -0.349 e. The average molecular weight is 189 g/mol. The largest absolute Gasteiger partial charge is 0.349 e. The van der Waals surface area contributed by atoms with Gasteiger partial charge in [0.05, 0.1) is 0 Å². The van der Waals surface area contributed by atoms with Crippen LogP contribution < -0.4 is 0 Å². The monoisotopic (exact) mass is 189 g/mol. The molecule has 1 saturated heterocycles. The molecular formula is C8H15NO2S. The molecule has 0 aliphatic carbocycles. The zero-order chi connectivity index (χ0) is 9.14. The molecule has 3 nitrogen and oxygen atoms in total. The molecule has 1 aliphatic heterocycles. The Morgan fingerprint density at radius 2 is 1.83 bits per heavy atom. The van der Waals surface area contributed by atoms with E-state index < -0.39 is 10.8 Å². The summed E-state index contributed by atoms with van der Waals surface area (Å²) in [5.41, 5.74) is 0. The van der Waals surface area contributed by atoms with E-state index in [1.165, 1.54) is 0 Å². The van der Waals surface area contributed by atoms with E-state index in [-0.39, 0.29) is 11.8 Å². The zero-order valence-corrected chi connectivity index (χ0v) is 8.39. The van der Waals surface area contributed by atoms with Gasteiger partial charge in [-0.2, -0.15) is 0 Å². The second-order valence-corrected chi connectivity index (χ2v) is 5.05. The summed E-state index contributed by atoms with van der Waals surface area (Å²) in [6.45, 7) is 0. The summed E-state index contributed by atoms with van der Waals surface area (Å²) in [7, 11) is 2.88. The van der Waals surface area contributed by atoms with Gasteiger partial charge in [-0.15, -0.1) is 0 Å². The second-order valence-electron chi connectivity index (χ2n) is 3.36. The van der Waals surface area contributed by atoms with Crippen molar-refractivity contribution in [2.75, 3.05) is 25.6 Å². The van der Waals surface area contributed by atoms with Crippen molar-refractivity contribution in [3.05, 3.63) is 0 Å². The van der Waals surface area contributed by atoms with Crippen molar-refractivity contribution in [2.45, 2.75) is 12.8 Å². The Labute approximate surface area is 75.6 Å². The normalized spacial score (nSPS) is 29.8. The summed E-state index contributed by atoms with van der Waals surface area (Å²) < 4.78 is 11.0. The minimum atomic E-state index is -0.661. The molecule has 0 aromatic carbocycles. The lowest BCUT2D eigenvalue weighted by Crippen LogP contribution is -2.33. The predicted octanol–water partition coefficient (Wildman–Crippen LogP) is 0.233.